The smallest absolute Gasteiger partial charge is 0.219 e. The molecule has 0 aliphatic carbocycles. The van der Waals surface area contributed by atoms with E-state index in [0.29, 0.717) is 25.0 Å². The predicted molar refractivity (Wildman–Crippen MR) is 111 cm³/mol. The van der Waals surface area contributed by atoms with Crippen molar-refractivity contribution in [3.63, 3.8) is 0 Å². The zero-order chi connectivity index (χ0) is 19.2. The van der Waals surface area contributed by atoms with Crippen molar-refractivity contribution in [2.24, 2.45) is 5.92 Å². The summed E-state index contributed by atoms with van der Waals surface area (Å²) in [6, 6.07) is 13.0. The number of hydrogen-bond acceptors (Lipinski definition) is 4. The highest BCUT2D eigenvalue weighted by molar-refractivity contribution is 7.09. The van der Waals surface area contributed by atoms with Crippen molar-refractivity contribution in [3.8, 4) is 0 Å². The molecule has 0 N–H and O–H groups in total. The van der Waals surface area contributed by atoms with Crippen LogP contribution in [0, 0.1) is 12.8 Å². The summed E-state index contributed by atoms with van der Waals surface area (Å²) in [5, 5.41) is 2.14. The predicted octanol–water partition coefficient (Wildman–Crippen LogP) is 3.77. The zero-order valence-electron chi connectivity index (χ0n) is 16.6. The Morgan fingerprint density at radius 3 is 2.74 bits per heavy atom. The molecular formula is C22H30N2O2S. The molecule has 3 rings (SSSR count). The van der Waals surface area contributed by atoms with E-state index in [2.05, 4.69) is 53.6 Å². The van der Waals surface area contributed by atoms with E-state index in [4.69, 9.17) is 4.74 Å². The summed E-state index contributed by atoms with van der Waals surface area (Å²) in [5.74, 6) is 1.02. The van der Waals surface area contributed by atoms with Crippen molar-refractivity contribution in [2.45, 2.75) is 26.3 Å². The van der Waals surface area contributed by atoms with Crippen LogP contribution in [0.3, 0.4) is 0 Å². The van der Waals surface area contributed by atoms with Crippen LogP contribution >= 0.6 is 11.3 Å². The molecular weight excluding hydrogens is 356 g/mol. The molecule has 146 valence electrons. The van der Waals surface area contributed by atoms with Crippen molar-refractivity contribution in [3.05, 3.63) is 57.8 Å². The third kappa shape index (κ3) is 5.18. The maximum Gasteiger partial charge on any atom is 0.219 e. The number of amides is 1. The van der Waals surface area contributed by atoms with Crippen LogP contribution in [-0.4, -0.2) is 55.6 Å². The third-order valence-corrected chi connectivity index (χ3v) is 6.39. The molecule has 1 aliphatic rings. The molecule has 27 heavy (non-hydrogen) atoms. The third-order valence-electron chi connectivity index (χ3n) is 5.53. The van der Waals surface area contributed by atoms with E-state index in [1.54, 1.807) is 14.0 Å². The summed E-state index contributed by atoms with van der Waals surface area (Å²) in [4.78, 5) is 18.0. The molecule has 0 spiro atoms. The fourth-order valence-electron chi connectivity index (χ4n) is 4.11. The number of ether oxygens (including phenoxy) is 1. The average molecular weight is 387 g/mol. The minimum atomic E-state index is 0.132. The molecule has 1 fully saturated rings. The number of methoxy groups -OCH3 is 1. The van der Waals surface area contributed by atoms with Crippen molar-refractivity contribution >= 4 is 17.2 Å². The zero-order valence-corrected chi connectivity index (χ0v) is 17.4. The molecule has 1 aromatic carbocycles. The Kier molecular flexibility index (Phi) is 7.05. The van der Waals surface area contributed by atoms with Crippen molar-refractivity contribution in [1.82, 2.24) is 9.80 Å². The summed E-state index contributed by atoms with van der Waals surface area (Å²) < 4.78 is 5.21. The Morgan fingerprint density at radius 1 is 1.26 bits per heavy atom. The van der Waals surface area contributed by atoms with Gasteiger partial charge in [-0.2, -0.15) is 0 Å². The van der Waals surface area contributed by atoms with Crippen molar-refractivity contribution in [2.75, 3.05) is 39.9 Å². The lowest BCUT2D eigenvalue weighted by Gasteiger charge is -2.28. The van der Waals surface area contributed by atoms with E-state index in [-0.39, 0.29) is 5.91 Å². The number of likely N-dealkylation sites (tertiary alicyclic amines) is 1. The lowest BCUT2D eigenvalue weighted by atomic mass is 9.86. The molecule has 4 nitrogen and oxygen atoms in total. The highest BCUT2D eigenvalue weighted by atomic mass is 32.1. The van der Waals surface area contributed by atoms with Gasteiger partial charge in [0.25, 0.3) is 0 Å². The minimum absolute atomic E-state index is 0.132. The summed E-state index contributed by atoms with van der Waals surface area (Å²) in [6.07, 6.45) is 0. The first-order valence-electron chi connectivity index (χ1n) is 9.63. The van der Waals surface area contributed by atoms with Crippen LogP contribution in [0.15, 0.2) is 41.8 Å². The molecule has 1 amide bonds. The Morgan fingerprint density at radius 2 is 2.07 bits per heavy atom. The second-order valence-electron chi connectivity index (χ2n) is 7.45. The van der Waals surface area contributed by atoms with Gasteiger partial charge in [0, 0.05) is 57.6 Å². The number of nitrogens with zero attached hydrogens (tertiary/aromatic N) is 2. The summed E-state index contributed by atoms with van der Waals surface area (Å²) in [7, 11) is 1.69. The fraction of sp³-hybridized carbons (Fsp3) is 0.500. The van der Waals surface area contributed by atoms with Crippen LogP contribution in [0.5, 0.6) is 0 Å². The van der Waals surface area contributed by atoms with Crippen molar-refractivity contribution < 1.29 is 9.53 Å². The van der Waals surface area contributed by atoms with Gasteiger partial charge in [0.15, 0.2) is 0 Å². The van der Waals surface area contributed by atoms with E-state index in [1.807, 2.05) is 16.2 Å². The number of carbonyl (C=O) groups excluding carboxylic acids is 1. The van der Waals surface area contributed by atoms with E-state index in [1.165, 1.54) is 16.0 Å². The monoisotopic (exact) mass is 386 g/mol. The first-order chi connectivity index (χ1) is 13.1. The summed E-state index contributed by atoms with van der Waals surface area (Å²) in [6.45, 7) is 8.96. The topological polar surface area (TPSA) is 32.8 Å². The largest absolute Gasteiger partial charge is 0.383 e. The molecule has 0 radical (unpaired) electrons. The Bertz CT molecular complexity index is 732. The number of thiophene rings is 1. The Labute approximate surface area is 166 Å². The fourth-order valence-corrected chi connectivity index (χ4v) is 4.86. The maximum atomic E-state index is 12.1. The quantitative estimate of drug-likeness (QED) is 0.692. The van der Waals surface area contributed by atoms with Gasteiger partial charge >= 0.3 is 0 Å². The van der Waals surface area contributed by atoms with Gasteiger partial charge in [-0.3, -0.25) is 9.69 Å². The highest BCUT2D eigenvalue weighted by Gasteiger charge is 2.36. The van der Waals surface area contributed by atoms with Crippen LogP contribution in [0.1, 0.15) is 28.8 Å². The van der Waals surface area contributed by atoms with Gasteiger partial charge in [-0.1, -0.05) is 30.3 Å². The van der Waals surface area contributed by atoms with Gasteiger partial charge in [-0.25, -0.2) is 0 Å². The van der Waals surface area contributed by atoms with Crippen molar-refractivity contribution in [1.29, 1.82) is 0 Å². The second kappa shape index (κ2) is 9.49. The van der Waals surface area contributed by atoms with Gasteiger partial charge in [-0.05, 0) is 35.4 Å². The Balaban J connectivity index is 1.78. The standard InChI is InChI=1S/C22H30N2O2S/c1-17-7-4-5-9-21(17)22-16-23(15-20-8-6-12-27-20)13-19(22)14-24(18(2)25)10-11-26-3/h4-9,12,19,22H,10-11,13-16H2,1-3H3/t19-,22+/m0/s1. The lowest BCUT2D eigenvalue weighted by Crippen LogP contribution is -2.38. The number of aryl methyl sites for hydroxylation is 1. The molecule has 1 aliphatic heterocycles. The molecule has 2 aromatic rings. The van der Waals surface area contributed by atoms with Gasteiger partial charge in [-0.15, -0.1) is 11.3 Å². The van der Waals surface area contributed by atoms with Crippen LogP contribution < -0.4 is 0 Å². The van der Waals surface area contributed by atoms with Crippen LogP contribution in [-0.2, 0) is 16.1 Å². The molecule has 1 aromatic heterocycles. The van der Waals surface area contributed by atoms with Crippen LogP contribution in [0.2, 0.25) is 0 Å². The number of hydrogen-bond donors (Lipinski definition) is 0. The first-order valence-corrected chi connectivity index (χ1v) is 10.5. The van der Waals surface area contributed by atoms with Crippen LogP contribution in [0.4, 0.5) is 0 Å². The SMILES string of the molecule is COCCN(C[C@@H]1CN(Cc2cccs2)C[C@H]1c1ccccc1C)C(C)=O. The Hall–Kier alpha value is -1.69. The normalized spacial score (nSPS) is 20.1. The molecule has 2 atom stereocenters. The lowest BCUT2D eigenvalue weighted by molar-refractivity contribution is -0.130. The van der Waals surface area contributed by atoms with Gasteiger partial charge < -0.3 is 9.64 Å². The molecule has 0 bridgehead atoms. The van der Waals surface area contributed by atoms with E-state index in [9.17, 15) is 4.79 Å². The first kappa shape index (κ1) is 20.1. The number of carbonyl (C=O) groups is 1. The number of rotatable bonds is 8. The molecule has 5 heteroatoms. The maximum absolute atomic E-state index is 12.1. The molecule has 0 saturated carbocycles. The molecule has 1 saturated heterocycles. The summed E-state index contributed by atoms with van der Waals surface area (Å²) >= 11 is 1.82. The minimum Gasteiger partial charge on any atom is -0.383 e. The second-order valence-corrected chi connectivity index (χ2v) is 8.49. The number of benzene rings is 1. The highest BCUT2D eigenvalue weighted by Crippen LogP contribution is 2.36. The van der Waals surface area contributed by atoms with E-state index >= 15 is 0 Å². The van der Waals surface area contributed by atoms with Gasteiger partial charge in [0.1, 0.15) is 0 Å². The summed E-state index contributed by atoms with van der Waals surface area (Å²) in [5.41, 5.74) is 2.77. The van der Waals surface area contributed by atoms with Crippen LogP contribution in [0.25, 0.3) is 0 Å². The molecule has 0 unspecified atom stereocenters. The van der Waals surface area contributed by atoms with Gasteiger partial charge in [0.2, 0.25) is 5.91 Å². The van der Waals surface area contributed by atoms with E-state index < -0.39 is 0 Å². The van der Waals surface area contributed by atoms with Gasteiger partial charge in [0.05, 0.1) is 6.61 Å². The van der Waals surface area contributed by atoms with E-state index in [0.717, 1.165) is 26.2 Å². The average Bonchev–Trinajstić information content (AvgIpc) is 3.29. The molecule has 2 heterocycles.